The highest BCUT2D eigenvalue weighted by atomic mass is 15.1. The van der Waals surface area contributed by atoms with Crippen molar-refractivity contribution < 1.29 is 4.57 Å². The Morgan fingerprint density at radius 2 is 0.823 bits per heavy atom. The van der Waals surface area contributed by atoms with E-state index in [-0.39, 0.29) is 11.0 Å². The summed E-state index contributed by atoms with van der Waals surface area (Å²) in [6.45, 7) is 9.68. The Balaban J connectivity index is 1.14. The maximum atomic E-state index is 2.69. The molecule has 0 amide bonds. The molecule has 10 rings (SSSR count). The molecule has 0 spiro atoms. The van der Waals surface area contributed by atoms with Gasteiger partial charge in [-0.05, 0) is 152 Å². The standard InChI is InChI=1S/C61H54N/c1-5-33-61(7-3)60(4,6-2)58-31-30-49(42-57(58)59-56-29-18-17-26-46(56)32-34-62(59)61)47-27-19-28-48(35-47)53-37-52(45-24-15-10-16-25-45)40-55(41-53)54-38-50(43-20-11-8-12-21-43)36-51(39-54)44-22-13-9-14-23-44/h8-32,34-42H,5-7,33H2,1-4H3/q+1. The molecule has 1 aliphatic rings. The van der Waals surface area contributed by atoms with Crippen molar-refractivity contribution in [1.29, 1.82) is 0 Å². The van der Waals surface area contributed by atoms with Crippen LogP contribution in [0.15, 0.2) is 206 Å². The molecule has 1 aromatic heterocycles. The summed E-state index contributed by atoms with van der Waals surface area (Å²) in [5, 5.41) is 2.62. The van der Waals surface area contributed by atoms with Crippen LogP contribution in [0.4, 0.5) is 0 Å². The average molecular weight is 801 g/mol. The van der Waals surface area contributed by atoms with Crippen LogP contribution in [-0.4, -0.2) is 0 Å². The first-order valence-corrected chi connectivity index (χ1v) is 22.6. The Morgan fingerprint density at radius 3 is 1.34 bits per heavy atom. The van der Waals surface area contributed by atoms with Crippen molar-refractivity contribution in [2.45, 2.75) is 64.3 Å². The molecular weight excluding hydrogens is 747 g/mol. The molecule has 1 nitrogen and oxygen atoms in total. The first-order chi connectivity index (χ1) is 30.4. The summed E-state index contributed by atoms with van der Waals surface area (Å²) < 4.78 is 2.69. The minimum atomic E-state index is -0.0277. The Labute approximate surface area is 368 Å². The number of hydrogen-bond acceptors (Lipinski definition) is 0. The van der Waals surface area contributed by atoms with Gasteiger partial charge in [0.2, 0.25) is 5.69 Å². The Kier molecular flexibility index (Phi) is 10.3. The second-order valence-electron chi connectivity index (χ2n) is 17.5. The normalized spacial score (nSPS) is 16.8. The third-order valence-electron chi connectivity index (χ3n) is 14.2. The highest BCUT2D eigenvalue weighted by Crippen LogP contribution is 2.53. The minimum absolute atomic E-state index is 0.0196. The molecule has 302 valence electrons. The molecule has 0 saturated heterocycles. The van der Waals surface area contributed by atoms with Crippen LogP contribution in [0.25, 0.3) is 88.8 Å². The van der Waals surface area contributed by atoms with Crippen LogP contribution < -0.4 is 4.57 Å². The average Bonchev–Trinajstić information content (AvgIpc) is 3.35. The minimum Gasteiger partial charge on any atom is -0.191 e. The molecule has 62 heavy (non-hydrogen) atoms. The number of pyridine rings is 1. The van der Waals surface area contributed by atoms with E-state index in [2.05, 4.69) is 239 Å². The lowest BCUT2D eigenvalue weighted by Gasteiger charge is -2.48. The summed E-state index contributed by atoms with van der Waals surface area (Å²) >= 11 is 0. The van der Waals surface area contributed by atoms with Crippen molar-refractivity contribution in [3.63, 3.8) is 0 Å². The molecule has 1 heteroatoms. The topological polar surface area (TPSA) is 3.88 Å². The van der Waals surface area contributed by atoms with Crippen molar-refractivity contribution in [2.75, 3.05) is 0 Å². The van der Waals surface area contributed by atoms with Crippen LogP contribution in [0, 0.1) is 0 Å². The molecule has 0 radical (unpaired) electrons. The lowest BCUT2D eigenvalue weighted by Crippen LogP contribution is -2.69. The summed E-state index contributed by atoms with van der Waals surface area (Å²) in [5.41, 5.74) is 18.6. The fourth-order valence-electron chi connectivity index (χ4n) is 10.9. The van der Waals surface area contributed by atoms with Gasteiger partial charge in [-0.2, -0.15) is 4.57 Å². The third kappa shape index (κ3) is 6.68. The van der Waals surface area contributed by atoms with E-state index in [4.69, 9.17) is 0 Å². The van der Waals surface area contributed by atoms with Crippen LogP contribution in [0.2, 0.25) is 0 Å². The van der Waals surface area contributed by atoms with E-state index in [9.17, 15) is 0 Å². The number of benzene rings is 8. The second-order valence-corrected chi connectivity index (χ2v) is 17.5. The van der Waals surface area contributed by atoms with Gasteiger partial charge in [0.05, 0.1) is 16.4 Å². The molecule has 2 heterocycles. The van der Waals surface area contributed by atoms with Gasteiger partial charge in [-0.1, -0.05) is 160 Å². The lowest BCUT2D eigenvalue weighted by atomic mass is 9.58. The van der Waals surface area contributed by atoms with Gasteiger partial charge in [0.1, 0.15) is 0 Å². The van der Waals surface area contributed by atoms with Crippen LogP contribution in [0.3, 0.4) is 0 Å². The van der Waals surface area contributed by atoms with E-state index >= 15 is 0 Å². The summed E-state index contributed by atoms with van der Waals surface area (Å²) in [7, 11) is 0. The molecule has 0 aliphatic carbocycles. The predicted octanol–water partition coefficient (Wildman–Crippen LogP) is 16.4. The Hall–Kier alpha value is -6.83. The molecular formula is C61H54N+. The lowest BCUT2D eigenvalue weighted by molar-refractivity contribution is -0.769. The van der Waals surface area contributed by atoms with Gasteiger partial charge in [-0.15, -0.1) is 0 Å². The van der Waals surface area contributed by atoms with Gasteiger partial charge in [0.15, 0.2) is 11.7 Å². The van der Waals surface area contributed by atoms with Gasteiger partial charge in [0.25, 0.3) is 0 Å². The van der Waals surface area contributed by atoms with Crippen molar-refractivity contribution >= 4 is 10.8 Å². The van der Waals surface area contributed by atoms with E-state index in [1.807, 2.05) is 0 Å². The number of aromatic nitrogens is 1. The van der Waals surface area contributed by atoms with Crippen molar-refractivity contribution in [3.8, 4) is 78.0 Å². The molecule has 0 bridgehead atoms. The second kappa shape index (κ2) is 16.2. The summed E-state index contributed by atoms with van der Waals surface area (Å²) in [4.78, 5) is 0. The van der Waals surface area contributed by atoms with Gasteiger partial charge in [0, 0.05) is 18.9 Å². The maximum Gasteiger partial charge on any atom is 0.221 e. The zero-order valence-electron chi connectivity index (χ0n) is 36.4. The molecule has 0 N–H and O–H groups in total. The third-order valence-corrected chi connectivity index (χ3v) is 14.2. The van der Waals surface area contributed by atoms with Crippen LogP contribution >= 0.6 is 0 Å². The summed E-state index contributed by atoms with van der Waals surface area (Å²) in [6, 6.07) is 74.4. The van der Waals surface area contributed by atoms with E-state index in [1.54, 1.807) is 0 Å². The number of fused-ring (bicyclic) bond motifs is 5. The number of rotatable bonds is 10. The fourth-order valence-corrected chi connectivity index (χ4v) is 10.9. The zero-order valence-corrected chi connectivity index (χ0v) is 36.4. The highest BCUT2D eigenvalue weighted by molar-refractivity contribution is 5.95. The van der Waals surface area contributed by atoms with Crippen LogP contribution in [0.5, 0.6) is 0 Å². The molecule has 2 unspecified atom stereocenters. The molecule has 0 fully saturated rings. The molecule has 8 aromatic carbocycles. The molecule has 1 aliphatic heterocycles. The Morgan fingerprint density at radius 1 is 0.387 bits per heavy atom. The fraction of sp³-hybridized carbons (Fsp3) is 0.164. The first kappa shape index (κ1) is 39.3. The van der Waals surface area contributed by atoms with E-state index in [1.165, 1.54) is 94.4 Å². The smallest absolute Gasteiger partial charge is 0.191 e. The molecule has 0 saturated carbocycles. The zero-order chi connectivity index (χ0) is 42.3. The Bertz CT molecular complexity index is 3000. The number of nitrogens with zero attached hydrogens (tertiary/aromatic N) is 1. The van der Waals surface area contributed by atoms with Gasteiger partial charge >= 0.3 is 0 Å². The molecule has 2 atom stereocenters. The summed E-state index contributed by atoms with van der Waals surface area (Å²) in [5.74, 6) is 0. The quantitative estimate of drug-likeness (QED) is 0.121. The van der Waals surface area contributed by atoms with Gasteiger partial charge in [-0.25, -0.2) is 0 Å². The van der Waals surface area contributed by atoms with Gasteiger partial charge < -0.3 is 0 Å². The van der Waals surface area contributed by atoms with Crippen LogP contribution in [0.1, 0.15) is 58.9 Å². The van der Waals surface area contributed by atoms with E-state index in [0.29, 0.717) is 0 Å². The SMILES string of the molecule is CCCC1(CC)[n+]2ccc3ccccc3c2-c2cc(-c3cccc(-c4cc(-c5ccccc5)cc(-c5cc(-c6ccccc6)cc(-c6ccccc6)c5)c4)c3)ccc2C1(C)CC. The van der Waals surface area contributed by atoms with Crippen LogP contribution in [-0.2, 0) is 11.0 Å². The van der Waals surface area contributed by atoms with Crippen molar-refractivity contribution in [1.82, 2.24) is 0 Å². The summed E-state index contributed by atoms with van der Waals surface area (Å²) in [6.07, 6.45) is 6.84. The first-order valence-electron chi connectivity index (χ1n) is 22.6. The largest absolute Gasteiger partial charge is 0.221 e. The maximum absolute atomic E-state index is 2.69. The molecule has 9 aromatic rings. The monoisotopic (exact) mass is 800 g/mol. The van der Waals surface area contributed by atoms with Gasteiger partial charge in [-0.3, -0.25) is 0 Å². The van der Waals surface area contributed by atoms with E-state index < -0.39 is 0 Å². The number of hydrogen-bond donors (Lipinski definition) is 0. The highest BCUT2D eigenvalue weighted by Gasteiger charge is 2.59. The van der Waals surface area contributed by atoms with Crippen molar-refractivity contribution in [3.05, 3.63) is 212 Å². The van der Waals surface area contributed by atoms with E-state index in [0.717, 1.165) is 25.7 Å². The van der Waals surface area contributed by atoms with Crippen molar-refractivity contribution in [2.24, 2.45) is 0 Å². The predicted molar refractivity (Wildman–Crippen MR) is 263 cm³/mol.